The molecule has 0 unspecified atom stereocenters. The Bertz CT molecular complexity index is 1200. The molecule has 1 aromatic heterocycles. The van der Waals surface area contributed by atoms with Crippen LogP contribution in [-0.2, 0) is 23.5 Å². The van der Waals surface area contributed by atoms with E-state index in [2.05, 4.69) is 9.62 Å². The minimum absolute atomic E-state index is 0.0260. The topological polar surface area (TPSA) is 71.4 Å². The molecule has 1 spiro atoms. The molecule has 2 aromatic rings. The summed E-state index contributed by atoms with van der Waals surface area (Å²) in [5.74, 6) is 0. The monoisotopic (exact) mass is 411 g/mol. The molecule has 2 fully saturated rings. The Kier molecular flexibility index (Phi) is 3.97. The number of allylic oxidation sites excluding steroid dienone is 1. The Labute approximate surface area is 170 Å². The first-order valence-corrected chi connectivity index (χ1v) is 11.9. The number of rotatable bonds is 4. The summed E-state index contributed by atoms with van der Waals surface area (Å²) in [4.78, 5) is 14.9. The number of nitrogens with one attached hydrogen (secondary N) is 1. The summed E-state index contributed by atoms with van der Waals surface area (Å²) in [5, 5.41) is 0. The van der Waals surface area contributed by atoms with E-state index in [-0.39, 0.29) is 5.56 Å². The molecular formula is C22H25N3O3S. The fourth-order valence-corrected chi connectivity index (χ4v) is 5.50. The largest absolute Gasteiger partial charge is 0.370 e. The van der Waals surface area contributed by atoms with E-state index < -0.39 is 10.0 Å². The van der Waals surface area contributed by atoms with Crippen molar-refractivity contribution in [3.05, 3.63) is 52.0 Å². The third kappa shape index (κ3) is 3.08. The van der Waals surface area contributed by atoms with Gasteiger partial charge in [0.25, 0.3) is 5.56 Å². The van der Waals surface area contributed by atoms with Crippen molar-refractivity contribution in [3.8, 4) is 11.1 Å². The number of nitrogens with zero attached hydrogens (tertiary/aromatic N) is 2. The highest BCUT2D eigenvalue weighted by Gasteiger charge is 2.47. The Hall–Kier alpha value is -2.54. The van der Waals surface area contributed by atoms with Crippen LogP contribution in [0.4, 0.5) is 11.4 Å². The summed E-state index contributed by atoms with van der Waals surface area (Å²) >= 11 is 0. The molecule has 1 N–H and O–H groups in total. The summed E-state index contributed by atoms with van der Waals surface area (Å²) < 4.78 is 27.8. The zero-order valence-corrected chi connectivity index (χ0v) is 17.6. The van der Waals surface area contributed by atoms with Gasteiger partial charge in [-0.3, -0.25) is 9.52 Å². The van der Waals surface area contributed by atoms with Gasteiger partial charge in [-0.25, -0.2) is 8.42 Å². The van der Waals surface area contributed by atoms with Crippen molar-refractivity contribution in [2.75, 3.05) is 29.0 Å². The highest BCUT2D eigenvalue weighted by Crippen LogP contribution is 2.51. The summed E-state index contributed by atoms with van der Waals surface area (Å²) in [6, 6.07) is 5.72. The first-order chi connectivity index (χ1) is 13.7. The van der Waals surface area contributed by atoms with Gasteiger partial charge in [-0.05, 0) is 43.0 Å². The Balaban J connectivity index is 1.65. The molecule has 3 aliphatic rings. The summed E-state index contributed by atoms with van der Waals surface area (Å²) in [7, 11) is -1.60. The summed E-state index contributed by atoms with van der Waals surface area (Å²) in [5.41, 5.74) is 5.83. The van der Waals surface area contributed by atoms with Crippen molar-refractivity contribution in [2.24, 2.45) is 12.5 Å². The number of pyridine rings is 1. The molecular weight excluding hydrogens is 386 g/mol. The molecule has 1 saturated carbocycles. The maximum atomic E-state index is 12.5. The van der Waals surface area contributed by atoms with Crippen molar-refractivity contribution in [1.82, 2.24) is 4.57 Å². The lowest BCUT2D eigenvalue weighted by Gasteiger charge is -2.57. The molecule has 0 atom stereocenters. The second-order valence-corrected chi connectivity index (χ2v) is 10.5. The van der Waals surface area contributed by atoms with Crippen LogP contribution in [0, 0.1) is 5.41 Å². The lowest BCUT2D eigenvalue weighted by Crippen LogP contribution is -2.60. The third-order valence-corrected chi connectivity index (χ3v) is 7.13. The second kappa shape index (κ2) is 6.23. The number of sulfonamides is 1. The van der Waals surface area contributed by atoms with Gasteiger partial charge in [0.05, 0.1) is 6.26 Å². The maximum absolute atomic E-state index is 12.5. The lowest BCUT2D eigenvalue weighted by atomic mass is 9.63. The molecule has 6 nitrogen and oxygen atoms in total. The van der Waals surface area contributed by atoms with Gasteiger partial charge in [0.2, 0.25) is 10.0 Å². The average molecular weight is 412 g/mol. The van der Waals surface area contributed by atoms with E-state index >= 15 is 0 Å². The Morgan fingerprint density at radius 3 is 2.55 bits per heavy atom. The van der Waals surface area contributed by atoms with E-state index in [0.29, 0.717) is 17.5 Å². The first-order valence-electron chi connectivity index (χ1n) is 10.0. The van der Waals surface area contributed by atoms with Gasteiger partial charge in [0.15, 0.2) is 0 Å². The van der Waals surface area contributed by atoms with Crippen LogP contribution in [0.15, 0.2) is 35.3 Å². The van der Waals surface area contributed by atoms with Crippen molar-refractivity contribution >= 4 is 27.5 Å². The van der Waals surface area contributed by atoms with Crippen molar-refractivity contribution in [1.29, 1.82) is 0 Å². The van der Waals surface area contributed by atoms with E-state index in [4.69, 9.17) is 0 Å². The normalized spacial score (nSPS) is 19.0. The smallest absolute Gasteiger partial charge is 0.254 e. The van der Waals surface area contributed by atoms with Crippen molar-refractivity contribution in [3.63, 3.8) is 0 Å². The number of hydrogen-bond acceptors (Lipinski definition) is 4. The van der Waals surface area contributed by atoms with Crippen LogP contribution in [0.2, 0.25) is 0 Å². The molecule has 0 amide bonds. The predicted octanol–water partition coefficient (Wildman–Crippen LogP) is 2.98. The van der Waals surface area contributed by atoms with E-state index in [1.54, 1.807) is 11.6 Å². The van der Waals surface area contributed by atoms with Gasteiger partial charge >= 0.3 is 0 Å². The van der Waals surface area contributed by atoms with Crippen molar-refractivity contribution < 1.29 is 8.42 Å². The molecule has 5 rings (SSSR count). The van der Waals surface area contributed by atoms with Gasteiger partial charge in [-0.1, -0.05) is 18.6 Å². The lowest BCUT2D eigenvalue weighted by molar-refractivity contribution is 0.0905. The van der Waals surface area contributed by atoms with Crippen LogP contribution in [0.3, 0.4) is 0 Å². The molecule has 152 valence electrons. The quantitative estimate of drug-likeness (QED) is 0.840. The molecule has 1 aromatic carbocycles. The van der Waals surface area contributed by atoms with E-state index in [0.717, 1.165) is 47.3 Å². The fourth-order valence-electron chi connectivity index (χ4n) is 4.94. The van der Waals surface area contributed by atoms with Crippen molar-refractivity contribution in [2.45, 2.75) is 25.7 Å². The second-order valence-electron chi connectivity index (χ2n) is 8.77. The molecule has 29 heavy (non-hydrogen) atoms. The predicted molar refractivity (Wildman–Crippen MR) is 117 cm³/mol. The Morgan fingerprint density at radius 1 is 1.14 bits per heavy atom. The highest BCUT2D eigenvalue weighted by atomic mass is 32.2. The number of anilines is 2. The van der Waals surface area contributed by atoms with Crippen LogP contribution in [-0.4, -0.2) is 32.3 Å². The van der Waals surface area contributed by atoms with Crippen LogP contribution in [0.25, 0.3) is 17.2 Å². The summed E-state index contributed by atoms with van der Waals surface area (Å²) in [6.45, 7) is 2.09. The van der Waals surface area contributed by atoms with Gasteiger partial charge < -0.3 is 9.47 Å². The molecule has 1 saturated heterocycles. The zero-order valence-electron chi connectivity index (χ0n) is 16.7. The average Bonchev–Trinajstić information content (AvgIpc) is 3.05. The molecule has 0 radical (unpaired) electrons. The fraction of sp³-hybridized carbons (Fsp3) is 0.409. The molecule has 1 aliphatic heterocycles. The molecule has 2 heterocycles. The molecule has 0 bridgehead atoms. The van der Waals surface area contributed by atoms with Gasteiger partial charge in [0, 0.05) is 59.8 Å². The van der Waals surface area contributed by atoms with Crippen LogP contribution < -0.4 is 15.2 Å². The standard InChI is InChI=1S/C22H25N3O3S/c1-24-12-19(16-5-3-6-17(16)21(24)26)18-11-15(23-29(2,27)28)7-8-20(18)25-13-22(14-25)9-4-10-22/h3,5,7-8,11-12,23H,4,6,9-10,13-14H2,1-2H3. The van der Waals surface area contributed by atoms with Crippen LogP contribution >= 0.6 is 0 Å². The first kappa shape index (κ1) is 18.5. The number of aryl methyl sites for hydroxylation is 1. The Morgan fingerprint density at radius 2 is 1.90 bits per heavy atom. The van der Waals surface area contributed by atoms with Crippen LogP contribution in [0.5, 0.6) is 0 Å². The minimum atomic E-state index is -3.37. The highest BCUT2D eigenvalue weighted by molar-refractivity contribution is 7.92. The van der Waals surface area contributed by atoms with Gasteiger partial charge in [-0.15, -0.1) is 0 Å². The maximum Gasteiger partial charge on any atom is 0.254 e. The minimum Gasteiger partial charge on any atom is -0.370 e. The van der Waals surface area contributed by atoms with Crippen LogP contribution in [0.1, 0.15) is 30.4 Å². The van der Waals surface area contributed by atoms with Gasteiger partial charge in [0.1, 0.15) is 0 Å². The number of fused-ring (bicyclic) bond motifs is 1. The number of hydrogen-bond donors (Lipinski definition) is 1. The van der Waals surface area contributed by atoms with E-state index in [1.165, 1.54) is 19.3 Å². The number of benzene rings is 1. The molecule has 2 aliphatic carbocycles. The summed E-state index contributed by atoms with van der Waals surface area (Å²) in [6.07, 6.45) is 11.6. The third-order valence-electron chi connectivity index (χ3n) is 6.52. The molecule has 7 heteroatoms. The van der Waals surface area contributed by atoms with E-state index in [1.807, 2.05) is 36.5 Å². The zero-order chi connectivity index (χ0) is 20.4. The van der Waals surface area contributed by atoms with Gasteiger partial charge in [-0.2, -0.15) is 0 Å². The van der Waals surface area contributed by atoms with E-state index in [9.17, 15) is 13.2 Å². The SMILES string of the molecule is Cn1cc(-c2cc(NS(C)(=O)=O)ccc2N2CC3(CCC3)C2)c2c(c1=O)CC=C2. The number of aromatic nitrogens is 1.